The van der Waals surface area contributed by atoms with Gasteiger partial charge in [0.05, 0.1) is 16.6 Å². The molecule has 1 heterocycles. The van der Waals surface area contributed by atoms with Crippen molar-refractivity contribution < 1.29 is 31.1 Å². The van der Waals surface area contributed by atoms with Crippen LogP contribution in [0.1, 0.15) is 53.4 Å². The molecule has 1 aliphatic rings. The minimum atomic E-state index is -4.70. The van der Waals surface area contributed by atoms with Gasteiger partial charge in [0.15, 0.2) is 0 Å². The van der Waals surface area contributed by atoms with Crippen molar-refractivity contribution in [3.63, 3.8) is 0 Å². The van der Waals surface area contributed by atoms with Gasteiger partial charge < -0.3 is 4.90 Å². The first-order valence-corrected chi connectivity index (χ1v) is 9.62. The molecule has 1 unspecified atom stereocenters. The second-order valence-corrected chi connectivity index (χ2v) is 7.66. The van der Waals surface area contributed by atoms with E-state index in [1.165, 1.54) is 13.0 Å². The van der Waals surface area contributed by atoms with Gasteiger partial charge in [-0.15, -0.1) is 0 Å². The molecular weight excluding hydrogens is 448 g/mol. The molecular formula is C20H18ClF6N3O. The molecule has 0 spiro atoms. The number of hydrogen-bond acceptors (Lipinski definition) is 2. The van der Waals surface area contributed by atoms with E-state index in [0.717, 1.165) is 24.1 Å². The molecule has 0 saturated heterocycles. The SMILES string of the molecule is C=C(c1cccc(C(F)(F)F)c1Cl)C(C)N(C(=O)c1c(C(F)F)nn(C)c1F)C1CC1. The van der Waals surface area contributed by atoms with Crippen molar-refractivity contribution in [3.05, 3.63) is 58.1 Å². The van der Waals surface area contributed by atoms with Crippen molar-refractivity contribution in [1.29, 1.82) is 0 Å². The van der Waals surface area contributed by atoms with E-state index >= 15 is 0 Å². The lowest BCUT2D eigenvalue weighted by Gasteiger charge is -2.31. The van der Waals surface area contributed by atoms with Gasteiger partial charge in [-0.3, -0.25) is 4.79 Å². The van der Waals surface area contributed by atoms with Crippen LogP contribution < -0.4 is 0 Å². The number of rotatable bonds is 6. The smallest absolute Gasteiger partial charge is 0.329 e. The molecule has 1 aliphatic carbocycles. The van der Waals surface area contributed by atoms with Crippen LogP contribution in [0.25, 0.3) is 5.57 Å². The van der Waals surface area contributed by atoms with Crippen LogP contribution in [-0.2, 0) is 13.2 Å². The van der Waals surface area contributed by atoms with Crippen molar-refractivity contribution in [2.75, 3.05) is 0 Å². The second-order valence-electron chi connectivity index (χ2n) is 7.29. The Bertz CT molecular complexity index is 1030. The standard InChI is InChI=1S/C20H18ClF6N3O/c1-9(12-5-4-6-13(15(12)21)20(25,26)27)10(2)30(11-7-8-11)19(31)14-16(17(22)23)28-29(3)18(14)24/h4-6,10-11,17H,1,7-8H2,2-3H3. The second kappa shape index (κ2) is 8.22. The van der Waals surface area contributed by atoms with E-state index in [4.69, 9.17) is 11.6 Å². The summed E-state index contributed by atoms with van der Waals surface area (Å²) in [6.45, 7) is 5.27. The molecule has 1 aromatic heterocycles. The fourth-order valence-electron chi connectivity index (χ4n) is 3.41. The predicted octanol–water partition coefficient (Wildman–Crippen LogP) is 5.88. The molecule has 4 nitrogen and oxygen atoms in total. The number of aromatic nitrogens is 2. The van der Waals surface area contributed by atoms with Gasteiger partial charge in [-0.05, 0) is 37.0 Å². The summed E-state index contributed by atoms with van der Waals surface area (Å²) in [5, 5.41) is 2.80. The van der Waals surface area contributed by atoms with Crippen LogP contribution in [0, 0.1) is 5.95 Å². The van der Waals surface area contributed by atoms with E-state index < -0.39 is 58.4 Å². The first-order chi connectivity index (χ1) is 14.4. The van der Waals surface area contributed by atoms with Crippen LogP contribution in [0.5, 0.6) is 0 Å². The Labute approximate surface area is 179 Å². The van der Waals surface area contributed by atoms with Gasteiger partial charge in [-0.25, -0.2) is 13.5 Å². The third-order valence-corrected chi connectivity index (χ3v) is 5.58. The summed E-state index contributed by atoms with van der Waals surface area (Å²) in [7, 11) is 1.09. The molecule has 0 N–H and O–H groups in total. The van der Waals surface area contributed by atoms with Gasteiger partial charge in [0.25, 0.3) is 12.3 Å². The lowest BCUT2D eigenvalue weighted by molar-refractivity contribution is -0.137. The van der Waals surface area contributed by atoms with Crippen LogP contribution in [0.3, 0.4) is 0 Å². The van der Waals surface area contributed by atoms with Gasteiger partial charge in [0.1, 0.15) is 11.3 Å². The van der Waals surface area contributed by atoms with Crippen LogP contribution in [0.4, 0.5) is 26.3 Å². The highest BCUT2D eigenvalue weighted by molar-refractivity contribution is 6.33. The number of amides is 1. The third-order valence-electron chi connectivity index (χ3n) is 5.17. The molecule has 2 aromatic rings. The Morgan fingerprint density at radius 2 is 1.94 bits per heavy atom. The van der Waals surface area contributed by atoms with E-state index in [1.807, 2.05) is 0 Å². The molecule has 31 heavy (non-hydrogen) atoms. The summed E-state index contributed by atoms with van der Waals surface area (Å²) in [4.78, 5) is 14.3. The molecule has 1 aromatic carbocycles. The van der Waals surface area contributed by atoms with Gasteiger partial charge in [0.2, 0.25) is 5.95 Å². The average Bonchev–Trinajstić information content (AvgIpc) is 3.45. The summed E-state index contributed by atoms with van der Waals surface area (Å²) in [5.74, 6) is -2.25. The zero-order valence-electron chi connectivity index (χ0n) is 16.5. The van der Waals surface area contributed by atoms with Crippen LogP contribution in [-0.4, -0.2) is 32.7 Å². The van der Waals surface area contributed by atoms with Gasteiger partial charge in [-0.2, -0.15) is 22.7 Å². The Kier molecular flexibility index (Phi) is 6.14. The number of aryl methyl sites for hydroxylation is 1. The molecule has 1 amide bonds. The molecule has 1 atom stereocenters. The van der Waals surface area contributed by atoms with Crippen molar-refractivity contribution in [2.24, 2.45) is 7.05 Å². The molecule has 3 rings (SSSR count). The number of hydrogen-bond donors (Lipinski definition) is 0. The minimum Gasteiger partial charge on any atom is -0.329 e. The summed E-state index contributed by atoms with van der Waals surface area (Å²) in [5.41, 5.74) is -2.89. The number of alkyl halides is 5. The molecule has 1 fully saturated rings. The zero-order valence-corrected chi connectivity index (χ0v) is 17.2. The fraction of sp³-hybridized carbons (Fsp3) is 0.400. The number of halogens is 7. The molecule has 168 valence electrons. The van der Waals surface area contributed by atoms with E-state index in [9.17, 15) is 31.1 Å². The maximum atomic E-state index is 14.5. The number of carbonyl (C=O) groups is 1. The summed E-state index contributed by atoms with van der Waals surface area (Å²) < 4.78 is 81.3. The predicted molar refractivity (Wildman–Crippen MR) is 102 cm³/mol. The first kappa shape index (κ1) is 23.2. The lowest BCUT2D eigenvalue weighted by Crippen LogP contribution is -2.41. The summed E-state index contributed by atoms with van der Waals surface area (Å²) in [6.07, 6.45) is -6.82. The van der Waals surface area contributed by atoms with Crippen molar-refractivity contribution in [3.8, 4) is 0 Å². The van der Waals surface area contributed by atoms with Gasteiger partial charge in [0, 0.05) is 13.1 Å². The fourth-order valence-corrected chi connectivity index (χ4v) is 3.76. The number of benzene rings is 1. The summed E-state index contributed by atoms with van der Waals surface area (Å²) in [6, 6.07) is 1.95. The molecule has 0 radical (unpaired) electrons. The van der Waals surface area contributed by atoms with Crippen LogP contribution in [0.15, 0.2) is 24.8 Å². The average molecular weight is 466 g/mol. The van der Waals surface area contributed by atoms with Crippen molar-refractivity contribution in [1.82, 2.24) is 14.7 Å². The van der Waals surface area contributed by atoms with Crippen molar-refractivity contribution >= 4 is 23.1 Å². The van der Waals surface area contributed by atoms with Crippen molar-refractivity contribution in [2.45, 2.75) is 44.5 Å². The Morgan fingerprint density at radius 1 is 1.32 bits per heavy atom. The van der Waals surface area contributed by atoms with E-state index in [2.05, 4.69) is 11.7 Å². The third kappa shape index (κ3) is 4.30. The molecule has 11 heteroatoms. The first-order valence-electron chi connectivity index (χ1n) is 9.24. The maximum absolute atomic E-state index is 14.5. The van der Waals surface area contributed by atoms with E-state index in [0.29, 0.717) is 17.5 Å². The number of nitrogens with zero attached hydrogens (tertiary/aromatic N) is 3. The minimum absolute atomic E-state index is 0.0387. The monoisotopic (exact) mass is 465 g/mol. The van der Waals surface area contributed by atoms with Crippen LogP contribution >= 0.6 is 11.6 Å². The quantitative estimate of drug-likeness (QED) is 0.500. The Hall–Kier alpha value is -2.49. The topological polar surface area (TPSA) is 38.1 Å². The van der Waals surface area contributed by atoms with Gasteiger partial charge in [-0.1, -0.05) is 30.3 Å². The molecule has 0 aliphatic heterocycles. The largest absolute Gasteiger partial charge is 0.417 e. The Balaban J connectivity index is 2.01. The van der Waals surface area contributed by atoms with E-state index in [-0.39, 0.29) is 11.1 Å². The normalized spacial score (nSPS) is 15.3. The van der Waals surface area contributed by atoms with E-state index in [1.54, 1.807) is 0 Å². The van der Waals surface area contributed by atoms with Crippen LogP contribution in [0.2, 0.25) is 5.02 Å². The Morgan fingerprint density at radius 3 is 2.45 bits per heavy atom. The molecule has 1 saturated carbocycles. The number of carbonyl (C=O) groups excluding carboxylic acids is 1. The highest BCUT2D eigenvalue weighted by Gasteiger charge is 2.42. The maximum Gasteiger partial charge on any atom is 0.417 e. The lowest BCUT2D eigenvalue weighted by atomic mass is 9.97. The highest BCUT2D eigenvalue weighted by Crippen LogP contribution is 2.41. The molecule has 0 bridgehead atoms. The summed E-state index contributed by atoms with van der Waals surface area (Å²) >= 11 is 5.97. The zero-order chi connectivity index (χ0) is 23.2. The van der Waals surface area contributed by atoms with Gasteiger partial charge >= 0.3 is 6.18 Å². The highest BCUT2D eigenvalue weighted by atomic mass is 35.5.